The molecule has 1 aliphatic rings. The van der Waals surface area contributed by atoms with E-state index in [9.17, 15) is 22.0 Å². The number of amides is 1. The first-order chi connectivity index (χ1) is 17.5. The molecule has 0 radical (unpaired) electrons. The fraction of sp³-hybridized carbons (Fsp3) is 0.217. The molecule has 2 aromatic carbocycles. The zero-order chi connectivity index (χ0) is 26.9. The summed E-state index contributed by atoms with van der Waals surface area (Å²) in [7, 11) is -2.99. The number of aromatic nitrogens is 1. The van der Waals surface area contributed by atoms with Gasteiger partial charge in [-0.25, -0.2) is 27.3 Å². The van der Waals surface area contributed by atoms with E-state index in [1.807, 2.05) is 32.0 Å². The van der Waals surface area contributed by atoms with Crippen molar-refractivity contribution in [2.75, 3.05) is 17.1 Å². The van der Waals surface area contributed by atoms with Crippen molar-refractivity contribution in [2.45, 2.75) is 25.3 Å². The highest BCUT2D eigenvalue weighted by Crippen LogP contribution is 2.33. The van der Waals surface area contributed by atoms with Crippen molar-refractivity contribution < 1.29 is 30.8 Å². The molecule has 1 saturated carbocycles. The van der Waals surface area contributed by atoms with E-state index in [1.165, 1.54) is 18.2 Å². The third kappa shape index (κ3) is 6.30. The van der Waals surface area contributed by atoms with Crippen LogP contribution in [0.15, 0.2) is 36.5 Å². The van der Waals surface area contributed by atoms with Crippen LogP contribution in [0.5, 0.6) is 0 Å². The first kappa shape index (κ1) is 27.1. The summed E-state index contributed by atoms with van der Waals surface area (Å²) in [6.07, 6.45) is 2.01. The van der Waals surface area contributed by atoms with E-state index in [-0.39, 0.29) is 28.4 Å². The van der Waals surface area contributed by atoms with Crippen molar-refractivity contribution in [2.24, 2.45) is 0 Å². The first-order valence-corrected chi connectivity index (χ1v) is 13.4. The van der Waals surface area contributed by atoms with E-state index in [1.54, 1.807) is 6.07 Å². The lowest BCUT2D eigenvalue weighted by atomic mass is 9.99. The molecule has 8 nitrogen and oxygen atoms in total. The maximum atomic E-state index is 15.3. The Balaban J connectivity index is 1.75. The zero-order valence-electron chi connectivity index (χ0n) is 19.1. The Labute approximate surface area is 223 Å². The highest BCUT2D eigenvalue weighted by molar-refractivity contribution is 14.1. The van der Waals surface area contributed by atoms with Gasteiger partial charge in [-0.15, -0.1) is 0 Å². The summed E-state index contributed by atoms with van der Waals surface area (Å²) in [4.78, 5) is 16.6. The zero-order valence-corrected chi connectivity index (χ0v) is 22.1. The minimum atomic E-state index is -4.09. The van der Waals surface area contributed by atoms with Crippen molar-refractivity contribution in [1.29, 1.82) is 0 Å². The molecule has 4 rings (SSSR count). The molecule has 1 fully saturated rings. The first-order valence-electron chi connectivity index (χ1n) is 10.9. The maximum absolute atomic E-state index is 15.3. The van der Waals surface area contributed by atoms with Gasteiger partial charge in [-0.1, -0.05) is 0 Å². The summed E-state index contributed by atoms with van der Waals surface area (Å²) >= 11 is 1.89. The van der Waals surface area contributed by atoms with Gasteiger partial charge < -0.3 is 10.6 Å². The molecule has 196 valence electrons. The lowest BCUT2D eigenvalue weighted by Crippen LogP contribution is -2.27. The van der Waals surface area contributed by atoms with Gasteiger partial charge in [0.15, 0.2) is 23.3 Å². The molecule has 0 saturated heterocycles. The Kier molecular flexibility index (Phi) is 7.89. The van der Waals surface area contributed by atoms with Crippen LogP contribution in [-0.4, -0.2) is 32.4 Å². The summed E-state index contributed by atoms with van der Waals surface area (Å²) in [5.41, 5.74) is -1.63. The molecule has 0 spiro atoms. The van der Waals surface area contributed by atoms with E-state index in [4.69, 9.17) is 0 Å². The second-order valence-electron chi connectivity index (χ2n) is 8.20. The summed E-state index contributed by atoms with van der Waals surface area (Å²) in [6, 6.07) is 6.16. The minimum absolute atomic E-state index is 0.118. The Morgan fingerprint density at radius 2 is 1.78 bits per heavy atom. The van der Waals surface area contributed by atoms with Gasteiger partial charge >= 0.3 is 0 Å². The molecule has 1 heterocycles. The number of nitrogens with one attached hydrogen (secondary N) is 4. The van der Waals surface area contributed by atoms with Crippen LogP contribution in [0.1, 0.15) is 34.3 Å². The van der Waals surface area contributed by atoms with Gasteiger partial charge in [0, 0.05) is 29.3 Å². The minimum Gasteiger partial charge on any atom is -0.350 e. The Morgan fingerprint density at radius 1 is 1.05 bits per heavy atom. The molecule has 14 heteroatoms. The topological polar surface area (TPSA) is 112 Å². The highest BCUT2D eigenvalue weighted by atomic mass is 127. The van der Waals surface area contributed by atoms with Gasteiger partial charge in [0.2, 0.25) is 0 Å². The average Bonchev–Trinajstić information content (AvgIpc) is 3.66. The van der Waals surface area contributed by atoms with Crippen molar-refractivity contribution in [3.8, 4) is 0 Å². The molecule has 1 aliphatic carbocycles. The average molecular weight is 649 g/mol. The number of carbonyl (C=O) groups excluding carboxylic acids is 1. The summed E-state index contributed by atoms with van der Waals surface area (Å²) < 4.78 is 87.8. The van der Waals surface area contributed by atoms with E-state index >= 15 is 8.78 Å². The Morgan fingerprint density at radius 3 is 2.43 bits per heavy atom. The van der Waals surface area contributed by atoms with Gasteiger partial charge in [-0.2, -0.15) is 8.42 Å². The van der Waals surface area contributed by atoms with Gasteiger partial charge in [0.05, 0.1) is 16.9 Å². The van der Waals surface area contributed by atoms with Crippen molar-refractivity contribution in [1.82, 2.24) is 15.0 Å². The van der Waals surface area contributed by atoms with Gasteiger partial charge in [-0.05, 0) is 76.9 Å². The van der Waals surface area contributed by atoms with Crippen LogP contribution in [0.25, 0.3) is 0 Å². The number of halogens is 5. The fourth-order valence-electron chi connectivity index (χ4n) is 3.40. The molecule has 0 bridgehead atoms. The maximum Gasteiger partial charge on any atom is 0.300 e. The summed E-state index contributed by atoms with van der Waals surface area (Å²) in [5, 5.41) is 5.15. The van der Waals surface area contributed by atoms with Crippen molar-refractivity contribution in [3.05, 3.63) is 80.1 Å². The van der Waals surface area contributed by atoms with Crippen molar-refractivity contribution in [3.63, 3.8) is 0 Å². The number of carbonyl (C=O) groups is 1. The monoisotopic (exact) mass is 649 g/mol. The lowest BCUT2D eigenvalue weighted by molar-refractivity contribution is 0.0951. The van der Waals surface area contributed by atoms with Gasteiger partial charge in [0.25, 0.3) is 16.1 Å². The van der Waals surface area contributed by atoms with Crippen LogP contribution >= 0.6 is 22.6 Å². The largest absolute Gasteiger partial charge is 0.350 e. The summed E-state index contributed by atoms with van der Waals surface area (Å²) in [6.45, 7) is 0. The van der Waals surface area contributed by atoms with E-state index in [2.05, 4.69) is 15.6 Å². The number of hydrogen-bond acceptors (Lipinski definition) is 5. The number of pyridine rings is 1. The number of rotatable bonds is 9. The van der Waals surface area contributed by atoms with Crippen molar-refractivity contribution >= 4 is 55.9 Å². The number of hydrogen-bond donors (Lipinski definition) is 4. The molecular weight excluding hydrogens is 629 g/mol. The Hall–Kier alpha value is -2.98. The van der Waals surface area contributed by atoms with Crippen LogP contribution in [0.3, 0.4) is 0 Å². The normalized spacial score (nSPS) is 13.4. The molecule has 1 aromatic heterocycles. The molecule has 0 aliphatic heterocycles. The van der Waals surface area contributed by atoms with Crippen LogP contribution < -0.4 is 20.1 Å². The van der Waals surface area contributed by atoms with E-state index in [0.29, 0.717) is 3.57 Å². The molecule has 3 aromatic rings. The molecule has 0 unspecified atom stereocenters. The molecule has 37 heavy (non-hydrogen) atoms. The van der Waals surface area contributed by atoms with Crippen LogP contribution in [0.4, 0.5) is 34.8 Å². The highest BCUT2D eigenvalue weighted by Gasteiger charge is 2.29. The predicted molar refractivity (Wildman–Crippen MR) is 138 cm³/mol. The SMILES string of the molecule is CNS(=O)(=O)Nc1nccc(Cc2cc(C(=O)NC3CC3)c(Nc3ccc(I)cc3F)c(F)c2F)c1F. The molecule has 1 amide bonds. The van der Waals surface area contributed by atoms with Crippen LogP contribution in [0.2, 0.25) is 0 Å². The Bertz CT molecular complexity index is 1490. The van der Waals surface area contributed by atoms with Gasteiger partial charge in [-0.3, -0.25) is 9.52 Å². The predicted octanol–water partition coefficient (Wildman–Crippen LogP) is 4.35. The van der Waals surface area contributed by atoms with Crippen LogP contribution in [-0.2, 0) is 16.6 Å². The third-order valence-corrected chi connectivity index (χ3v) is 7.15. The third-order valence-electron chi connectivity index (χ3n) is 5.48. The van der Waals surface area contributed by atoms with Gasteiger partial charge in [0.1, 0.15) is 5.82 Å². The smallest absolute Gasteiger partial charge is 0.300 e. The number of anilines is 3. The lowest BCUT2D eigenvalue weighted by Gasteiger charge is -2.17. The van der Waals surface area contributed by atoms with Crippen LogP contribution in [0, 0.1) is 26.8 Å². The quantitative estimate of drug-likeness (QED) is 0.204. The second-order valence-corrected chi connectivity index (χ2v) is 11.1. The molecule has 4 N–H and O–H groups in total. The molecular formula is C23H20F4IN5O3S. The number of nitrogens with zero attached hydrogens (tertiary/aromatic N) is 1. The number of benzene rings is 2. The second kappa shape index (κ2) is 10.8. The standard InChI is InChI=1S/C23H20F4IN5O3S/c1-29-37(35,36)33-22-19(26)11(6-7-30-22)8-12-9-15(23(34)31-14-3-4-14)21(20(27)18(12)25)32-17-5-2-13(28)10-16(17)24/h2,5-7,9-10,14,29,32H,3-4,8H2,1H3,(H,30,33)(H,31,34). The fourth-order valence-corrected chi connectivity index (χ4v) is 4.35. The molecule has 0 atom stereocenters. The van der Waals surface area contributed by atoms with E-state index in [0.717, 1.165) is 32.2 Å². The van der Waals surface area contributed by atoms with E-state index < -0.39 is 57.3 Å². The summed E-state index contributed by atoms with van der Waals surface area (Å²) in [5.74, 6) is -6.04.